The first-order valence-electron chi connectivity index (χ1n) is 9.69. The molecule has 1 aromatic carbocycles. The predicted molar refractivity (Wildman–Crippen MR) is 110 cm³/mol. The predicted octanol–water partition coefficient (Wildman–Crippen LogP) is 1.90. The number of pyridine rings is 1. The normalized spacial score (nSPS) is 14.3. The van der Waals surface area contributed by atoms with Gasteiger partial charge in [0.15, 0.2) is 0 Å². The lowest BCUT2D eigenvalue weighted by Crippen LogP contribution is -2.43. The number of halogens is 1. The van der Waals surface area contributed by atoms with Crippen LogP contribution in [-0.4, -0.2) is 47.2 Å². The average Bonchev–Trinajstić information content (AvgIpc) is 2.73. The highest BCUT2D eigenvalue weighted by molar-refractivity contribution is 6.07. The van der Waals surface area contributed by atoms with Gasteiger partial charge in [-0.05, 0) is 49.2 Å². The molecule has 3 amide bonds. The van der Waals surface area contributed by atoms with Crippen molar-refractivity contribution in [3.63, 3.8) is 0 Å². The first-order valence-corrected chi connectivity index (χ1v) is 9.69. The van der Waals surface area contributed by atoms with E-state index in [0.29, 0.717) is 18.8 Å². The van der Waals surface area contributed by atoms with Crippen molar-refractivity contribution in [1.29, 1.82) is 0 Å². The largest absolute Gasteiger partial charge is 0.383 e. The van der Waals surface area contributed by atoms with E-state index in [2.05, 4.69) is 15.6 Å². The van der Waals surface area contributed by atoms with Crippen LogP contribution in [0.15, 0.2) is 36.4 Å². The summed E-state index contributed by atoms with van der Waals surface area (Å²) < 4.78 is 13.0. The van der Waals surface area contributed by atoms with Gasteiger partial charge in [-0.15, -0.1) is 0 Å². The molecular weight excluding hydrogens is 389 g/mol. The lowest BCUT2D eigenvalue weighted by atomic mass is 9.92. The van der Waals surface area contributed by atoms with Crippen molar-refractivity contribution < 1.29 is 18.8 Å². The third kappa shape index (κ3) is 5.31. The summed E-state index contributed by atoms with van der Waals surface area (Å²) in [6, 6.07) is 8.85. The van der Waals surface area contributed by atoms with Gasteiger partial charge in [0, 0.05) is 37.3 Å². The Labute approximate surface area is 173 Å². The summed E-state index contributed by atoms with van der Waals surface area (Å²) in [6.45, 7) is 2.51. The van der Waals surface area contributed by atoms with E-state index in [9.17, 15) is 18.8 Å². The maximum Gasteiger partial charge on any atom is 0.259 e. The van der Waals surface area contributed by atoms with E-state index in [1.54, 1.807) is 17.0 Å². The van der Waals surface area contributed by atoms with Gasteiger partial charge >= 0.3 is 0 Å². The molecule has 1 fully saturated rings. The number of benzene rings is 1. The van der Waals surface area contributed by atoms with Gasteiger partial charge < -0.3 is 21.3 Å². The molecule has 0 aliphatic carbocycles. The minimum atomic E-state index is -0.420. The second-order valence-electron chi connectivity index (χ2n) is 7.19. The number of nitrogens with two attached hydrogens (primary N) is 1. The first-order chi connectivity index (χ1) is 14.3. The summed E-state index contributed by atoms with van der Waals surface area (Å²) in [6.07, 6.45) is 1.44. The molecule has 4 N–H and O–H groups in total. The van der Waals surface area contributed by atoms with Crippen LogP contribution in [0, 0.1) is 5.82 Å². The monoisotopic (exact) mass is 413 g/mol. The average molecular weight is 413 g/mol. The first kappa shape index (κ1) is 21.2. The molecule has 3 rings (SSSR count). The number of carbonyl (C=O) groups excluding carboxylic acids is 3. The van der Waals surface area contributed by atoms with E-state index in [0.717, 1.165) is 18.5 Å². The Bertz CT molecular complexity index is 940. The highest BCUT2D eigenvalue weighted by atomic mass is 19.1. The molecule has 8 nitrogen and oxygen atoms in total. The van der Waals surface area contributed by atoms with E-state index < -0.39 is 5.91 Å². The van der Waals surface area contributed by atoms with Gasteiger partial charge in [0.05, 0.1) is 12.1 Å². The molecule has 30 heavy (non-hydrogen) atoms. The van der Waals surface area contributed by atoms with Gasteiger partial charge in [0.25, 0.3) is 5.91 Å². The van der Waals surface area contributed by atoms with Crippen molar-refractivity contribution in [2.45, 2.75) is 25.7 Å². The molecule has 2 aromatic rings. The van der Waals surface area contributed by atoms with E-state index >= 15 is 0 Å². The van der Waals surface area contributed by atoms with E-state index in [1.807, 2.05) is 0 Å². The second-order valence-corrected chi connectivity index (χ2v) is 7.19. The zero-order valence-corrected chi connectivity index (χ0v) is 16.7. The number of aromatic nitrogens is 1. The summed E-state index contributed by atoms with van der Waals surface area (Å²) in [5.74, 6) is -0.897. The molecule has 9 heteroatoms. The molecule has 0 radical (unpaired) electrons. The SMILES string of the molecule is CC(=O)NCC(=O)N1CCC(c2ccc(C(=O)Nc3ccc(F)cc3)c(N)n2)CC1. The lowest BCUT2D eigenvalue weighted by Gasteiger charge is -2.32. The standard InChI is InChI=1S/C21H24FN5O3/c1-13(28)24-12-19(29)27-10-8-14(9-11-27)18-7-6-17(20(23)26-18)21(30)25-16-4-2-15(22)3-5-16/h2-7,14H,8-12H2,1H3,(H2,23,26)(H,24,28)(H,25,30). The Hall–Kier alpha value is -3.49. The summed E-state index contributed by atoms with van der Waals surface area (Å²) in [5, 5.41) is 5.18. The summed E-state index contributed by atoms with van der Waals surface area (Å²) >= 11 is 0. The topological polar surface area (TPSA) is 117 Å². The molecule has 1 aliphatic heterocycles. The fraction of sp³-hybridized carbons (Fsp3) is 0.333. The molecule has 1 aliphatic rings. The maximum atomic E-state index is 13.0. The van der Waals surface area contributed by atoms with E-state index in [1.165, 1.54) is 31.2 Å². The van der Waals surface area contributed by atoms with E-state index in [-0.39, 0.29) is 41.5 Å². The van der Waals surface area contributed by atoms with Crippen LogP contribution in [0.2, 0.25) is 0 Å². The molecule has 1 aromatic heterocycles. The van der Waals surface area contributed by atoms with Gasteiger partial charge in [-0.3, -0.25) is 14.4 Å². The third-order valence-electron chi connectivity index (χ3n) is 5.05. The summed E-state index contributed by atoms with van der Waals surface area (Å²) in [7, 11) is 0. The molecule has 158 valence electrons. The number of likely N-dealkylation sites (tertiary alicyclic amines) is 1. The summed E-state index contributed by atoms with van der Waals surface area (Å²) in [4.78, 5) is 41.6. The second kappa shape index (κ2) is 9.34. The van der Waals surface area contributed by atoms with Crippen molar-refractivity contribution in [1.82, 2.24) is 15.2 Å². The van der Waals surface area contributed by atoms with Crippen LogP contribution >= 0.6 is 0 Å². The van der Waals surface area contributed by atoms with Crippen molar-refractivity contribution >= 4 is 29.2 Å². The number of nitrogens with zero attached hydrogens (tertiary/aromatic N) is 2. The lowest BCUT2D eigenvalue weighted by molar-refractivity contribution is -0.133. The Morgan fingerprint density at radius 1 is 1.13 bits per heavy atom. The number of hydrogen-bond donors (Lipinski definition) is 3. The fourth-order valence-electron chi connectivity index (χ4n) is 3.38. The Balaban J connectivity index is 1.59. The van der Waals surface area contributed by atoms with E-state index in [4.69, 9.17) is 5.73 Å². The van der Waals surface area contributed by atoms with Crippen molar-refractivity contribution in [2.24, 2.45) is 0 Å². The highest BCUT2D eigenvalue weighted by Crippen LogP contribution is 2.28. The quantitative estimate of drug-likeness (QED) is 0.692. The van der Waals surface area contributed by atoms with Gasteiger partial charge in [-0.25, -0.2) is 9.37 Å². The smallest absolute Gasteiger partial charge is 0.259 e. The Kier molecular flexibility index (Phi) is 6.61. The molecule has 0 spiro atoms. The number of anilines is 2. The van der Waals surface area contributed by atoms with Gasteiger partial charge in [-0.2, -0.15) is 0 Å². The zero-order valence-electron chi connectivity index (χ0n) is 16.7. The van der Waals surface area contributed by atoms with Crippen LogP contribution in [-0.2, 0) is 9.59 Å². The third-order valence-corrected chi connectivity index (χ3v) is 5.05. The number of amides is 3. The molecule has 1 saturated heterocycles. The highest BCUT2D eigenvalue weighted by Gasteiger charge is 2.25. The Morgan fingerprint density at radius 3 is 2.40 bits per heavy atom. The number of nitrogen functional groups attached to an aromatic ring is 1. The maximum absolute atomic E-state index is 13.0. The van der Waals surface area contributed by atoms with Crippen molar-refractivity contribution in [2.75, 3.05) is 30.7 Å². The zero-order chi connectivity index (χ0) is 21.7. The number of piperidine rings is 1. The number of rotatable bonds is 5. The van der Waals surface area contributed by atoms with Crippen LogP contribution in [0.25, 0.3) is 0 Å². The summed E-state index contributed by atoms with van der Waals surface area (Å²) in [5.41, 5.74) is 7.49. The Morgan fingerprint density at radius 2 is 1.80 bits per heavy atom. The minimum Gasteiger partial charge on any atom is -0.383 e. The molecule has 0 atom stereocenters. The molecular formula is C21H24FN5O3. The van der Waals surface area contributed by atoms with Crippen LogP contribution in [0.4, 0.5) is 15.9 Å². The number of hydrogen-bond acceptors (Lipinski definition) is 5. The fourth-order valence-corrected chi connectivity index (χ4v) is 3.38. The van der Waals surface area contributed by atoms with Crippen LogP contribution in [0.5, 0.6) is 0 Å². The van der Waals surface area contributed by atoms with Gasteiger partial charge in [-0.1, -0.05) is 0 Å². The molecule has 0 unspecified atom stereocenters. The van der Waals surface area contributed by atoms with Crippen molar-refractivity contribution in [3.8, 4) is 0 Å². The van der Waals surface area contributed by atoms with Crippen molar-refractivity contribution in [3.05, 3.63) is 53.5 Å². The minimum absolute atomic E-state index is 0.00304. The number of nitrogens with one attached hydrogen (secondary N) is 2. The molecule has 0 bridgehead atoms. The molecule has 2 heterocycles. The van der Waals surface area contributed by atoms with Crippen LogP contribution in [0.3, 0.4) is 0 Å². The van der Waals surface area contributed by atoms with Gasteiger partial charge in [0.1, 0.15) is 11.6 Å². The van der Waals surface area contributed by atoms with Gasteiger partial charge in [0.2, 0.25) is 11.8 Å². The number of carbonyl (C=O) groups is 3. The molecule has 0 saturated carbocycles. The van der Waals surface area contributed by atoms with Crippen LogP contribution < -0.4 is 16.4 Å². The van der Waals surface area contributed by atoms with Crippen LogP contribution in [0.1, 0.15) is 41.7 Å².